The van der Waals surface area contributed by atoms with Crippen molar-refractivity contribution in [1.29, 1.82) is 0 Å². The minimum absolute atomic E-state index is 0.000162. The Hall–Kier alpha value is -1.92. The first kappa shape index (κ1) is 16.3. The van der Waals surface area contributed by atoms with E-state index in [9.17, 15) is 14.7 Å². The fourth-order valence-electron chi connectivity index (χ4n) is 5.51. The molecule has 1 aromatic carbocycles. The van der Waals surface area contributed by atoms with Crippen molar-refractivity contribution in [3.05, 3.63) is 35.9 Å². The highest BCUT2D eigenvalue weighted by Gasteiger charge is 2.61. The number of piperidine rings is 2. The molecule has 4 saturated heterocycles. The zero-order valence-electron chi connectivity index (χ0n) is 14.9. The molecule has 1 saturated carbocycles. The molecule has 6 nitrogen and oxygen atoms in total. The second kappa shape index (κ2) is 5.54. The highest BCUT2D eigenvalue weighted by atomic mass is 16.4. The van der Waals surface area contributed by atoms with Crippen LogP contribution in [0.4, 0.5) is 0 Å². The molecule has 1 amide bonds. The first-order chi connectivity index (χ1) is 12.5. The number of hydrogen-bond donors (Lipinski definition) is 2. The smallest absolute Gasteiger partial charge is 0.319 e. The second-order valence-corrected chi connectivity index (χ2v) is 8.59. The van der Waals surface area contributed by atoms with Crippen LogP contribution >= 0.6 is 0 Å². The molecule has 4 aliphatic heterocycles. The topological polar surface area (TPSA) is 72.9 Å². The molecule has 0 aromatic heterocycles. The fraction of sp³-hybridized carbons (Fsp3) is 0.600. The predicted molar refractivity (Wildman–Crippen MR) is 95.7 cm³/mol. The van der Waals surface area contributed by atoms with Crippen LogP contribution in [0.3, 0.4) is 0 Å². The Balaban J connectivity index is 1.53. The Labute approximate surface area is 153 Å². The Morgan fingerprint density at radius 2 is 1.65 bits per heavy atom. The van der Waals surface area contributed by atoms with Crippen molar-refractivity contribution in [3.63, 3.8) is 0 Å². The van der Waals surface area contributed by atoms with Gasteiger partial charge in [0.25, 0.3) is 0 Å². The van der Waals surface area contributed by atoms with E-state index in [-0.39, 0.29) is 17.4 Å². The third-order valence-corrected chi connectivity index (χ3v) is 7.03. The van der Waals surface area contributed by atoms with Crippen molar-refractivity contribution in [3.8, 4) is 0 Å². The second-order valence-electron chi connectivity index (χ2n) is 8.59. The van der Waals surface area contributed by atoms with Crippen LogP contribution in [0, 0.1) is 11.3 Å². The van der Waals surface area contributed by atoms with Gasteiger partial charge in [-0.15, -0.1) is 0 Å². The van der Waals surface area contributed by atoms with Crippen LogP contribution in [-0.2, 0) is 15.0 Å². The lowest BCUT2D eigenvalue weighted by molar-refractivity contribution is -0.150. The lowest BCUT2D eigenvalue weighted by Crippen LogP contribution is -2.71. The van der Waals surface area contributed by atoms with Crippen LogP contribution < -0.4 is 5.32 Å². The molecule has 138 valence electrons. The van der Waals surface area contributed by atoms with Gasteiger partial charge in [-0.25, -0.2) is 0 Å². The molecule has 5 fully saturated rings. The molecule has 6 rings (SSSR count). The van der Waals surface area contributed by atoms with Gasteiger partial charge in [0.1, 0.15) is 5.41 Å². The van der Waals surface area contributed by atoms with E-state index in [1.165, 1.54) is 5.56 Å². The van der Waals surface area contributed by atoms with Crippen LogP contribution in [0.2, 0.25) is 0 Å². The van der Waals surface area contributed by atoms with Crippen molar-refractivity contribution < 1.29 is 14.7 Å². The molecule has 1 aliphatic carbocycles. The van der Waals surface area contributed by atoms with E-state index < -0.39 is 11.4 Å². The highest BCUT2D eigenvalue weighted by molar-refractivity contribution is 6.05. The van der Waals surface area contributed by atoms with E-state index in [2.05, 4.69) is 39.4 Å². The summed E-state index contributed by atoms with van der Waals surface area (Å²) in [5, 5.41) is 12.7. The average molecular weight is 355 g/mol. The van der Waals surface area contributed by atoms with Gasteiger partial charge >= 0.3 is 5.97 Å². The normalized spacial score (nSPS) is 39.2. The number of nitrogens with zero attached hydrogens (tertiary/aromatic N) is 2. The summed E-state index contributed by atoms with van der Waals surface area (Å²) in [7, 11) is 0. The molecular formula is C20H25N3O3. The van der Waals surface area contributed by atoms with E-state index >= 15 is 0 Å². The van der Waals surface area contributed by atoms with Crippen molar-refractivity contribution in [2.45, 2.75) is 24.3 Å². The van der Waals surface area contributed by atoms with Gasteiger partial charge in [-0.2, -0.15) is 0 Å². The number of amides is 1. The van der Waals surface area contributed by atoms with Crippen molar-refractivity contribution in [2.24, 2.45) is 11.3 Å². The van der Waals surface area contributed by atoms with Crippen LogP contribution in [0.15, 0.2) is 30.3 Å². The number of aliphatic carboxylic acids is 1. The van der Waals surface area contributed by atoms with E-state index in [4.69, 9.17) is 0 Å². The number of carbonyl (C=O) groups is 2. The van der Waals surface area contributed by atoms with Crippen LogP contribution in [-0.4, -0.2) is 72.1 Å². The molecule has 4 bridgehead atoms. The van der Waals surface area contributed by atoms with Gasteiger partial charge in [0.15, 0.2) is 0 Å². The number of carboxylic acid groups (broad SMARTS) is 1. The number of rotatable bonds is 4. The van der Waals surface area contributed by atoms with E-state index in [0.717, 1.165) is 39.3 Å². The predicted octanol–water partition coefficient (Wildman–Crippen LogP) is 0.535. The standard InChI is InChI=1S/C20H25N3O3/c24-17(19(6-7-19)18(25)26)21-16-14-10-22-8-9-23(11-14)13-20(16,12-22)15-4-2-1-3-5-15/h1-5,14,16H,6-13H2,(H,21,24)(H,25,26)/t14?,16-,20?/m1/s1. The Morgan fingerprint density at radius 3 is 2.19 bits per heavy atom. The third-order valence-electron chi connectivity index (χ3n) is 7.03. The summed E-state index contributed by atoms with van der Waals surface area (Å²) >= 11 is 0. The number of carboxylic acids is 1. The molecule has 6 heteroatoms. The van der Waals surface area contributed by atoms with E-state index in [1.54, 1.807) is 0 Å². The first-order valence-electron chi connectivity index (χ1n) is 9.58. The molecular weight excluding hydrogens is 330 g/mol. The molecule has 4 heterocycles. The number of carbonyl (C=O) groups excluding carboxylic acids is 1. The van der Waals surface area contributed by atoms with Crippen molar-refractivity contribution in [1.82, 2.24) is 15.1 Å². The van der Waals surface area contributed by atoms with Crippen LogP contribution in [0.25, 0.3) is 0 Å². The first-order valence-corrected chi connectivity index (χ1v) is 9.58. The van der Waals surface area contributed by atoms with Crippen LogP contribution in [0.1, 0.15) is 18.4 Å². The van der Waals surface area contributed by atoms with Gasteiger partial charge in [-0.05, 0) is 18.4 Å². The van der Waals surface area contributed by atoms with Crippen molar-refractivity contribution >= 4 is 11.9 Å². The summed E-state index contributed by atoms with van der Waals surface area (Å²) in [5.41, 5.74) is -0.0847. The number of fused-ring (bicyclic) bond motifs is 1. The molecule has 5 aliphatic rings. The fourth-order valence-corrected chi connectivity index (χ4v) is 5.51. The SMILES string of the molecule is O=C(O)C1(C(=O)N[C@@H]2C3CN4CCN(C3)CC2(c2ccccc2)C4)CC1. The molecule has 0 radical (unpaired) electrons. The maximum atomic E-state index is 12.9. The quantitative estimate of drug-likeness (QED) is 0.771. The van der Waals surface area contributed by atoms with Gasteiger partial charge in [-0.1, -0.05) is 30.3 Å². The lowest BCUT2D eigenvalue weighted by atomic mass is 9.64. The molecule has 26 heavy (non-hydrogen) atoms. The highest BCUT2D eigenvalue weighted by Crippen LogP contribution is 2.48. The molecule has 2 unspecified atom stereocenters. The molecule has 1 aromatic rings. The van der Waals surface area contributed by atoms with Gasteiger partial charge in [0.2, 0.25) is 5.91 Å². The molecule has 2 N–H and O–H groups in total. The van der Waals surface area contributed by atoms with Gasteiger partial charge in [-0.3, -0.25) is 9.59 Å². The summed E-state index contributed by atoms with van der Waals surface area (Å²) < 4.78 is 0. The maximum absolute atomic E-state index is 12.9. The van der Waals surface area contributed by atoms with E-state index in [0.29, 0.717) is 18.8 Å². The zero-order chi connectivity index (χ0) is 17.9. The summed E-state index contributed by atoms with van der Waals surface area (Å²) in [6.45, 7) is 5.96. The molecule has 0 spiro atoms. The van der Waals surface area contributed by atoms with Gasteiger partial charge < -0.3 is 20.2 Å². The lowest BCUT2D eigenvalue weighted by Gasteiger charge is -2.56. The summed E-state index contributed by atoms with van der Waals surface area (Å²) in [6, 6.07) is 10.5. The summed E-state index contributed by atoms with van der Waals surface area (Å²) in [6.07, 6.45) is 0.921. The summed E-state index contributed by atoms with van der Waals surface area (Å²) in [5.74, 6) is -0.910. The monoisotopic (exact) mass is 355 g/mol. The largest absolute Gasteiger partial charge is 0.480 e. The van der Waals surface area contributed by atoms with Gasteiger partial charge in [0.05, 0.1) is 0 Å². The van der Waals surface area contributed by atoms with Crippen LogP contribution in [0.5, 0.6) is 0 Å². The minimum atomic E-state index is -1.18. The third kappa shape index (κ3) is 2.25. The maximum Gasteiger partial charge on any atom is 0.319 e. The number of benzene rings is 1. The molecule has 3 atom stereocenters. The minimum Gasteiger partial charge on any atom is -0.480 e. The Kier molecular flexibility index (Phi) is 3.46. The Morgan fingerprint density at radius 1 is 1.04 bits per heavy atom. The zero-order valence-corrected chi connectivity index (χ0v) is 14.9. The average Bonchev–Trinajstić information content (AvgIpc) is 3.45. The Bertz CT molecular complexity index is 730. The van der Waals surface area contributed by atoms with E-state index in [1.807, 2.05) is 6.07 Å². The van der Waals surface area contributed by atoms with Gasteiger partial charge in [0, 0.05) is 56.6 Å². The number of hydrogen-bond acceptors (Lipinski definition) is 4. The van der Waals surface area contributed by atoms with Crippen molar-refractivity contribution in [2.75, 3.05) is 39.3 Å². The summed E-state index contributed by atoms with van der Waals surface area (Å²) in [4.78, 5) is 29.6. The number of nitrogens with one attached hydrogen (secondary N) is 1.